The number of hydrogen-bond acceptors (Lipinski definition) is 3. The Morgan fingerprint density at radius 2 is 2.06 bits per heavy atom. The van der Waals surface area contributed by atoms with Crippen LogP contribution in [0, 0.1) is 0 Å². The molecule has 2 fully saturated rings. The highest BCUT2D eigenvalue weighted by molar-refractivity contribution is 5.95. The Labute approximate surface area is 107 Å². The van der Waals surface area contributed by atoms with E-state index in [1.807, 2.05) is 24.3 Å². The van der Waals surface area contributed by atoms with Crippen LogP contribution in [0.25, 0.3) is 0 Å². The normalized spacial score (nSPS) is 26.2. The number of ether oxygens (including phenoxy) is 1. The van der Waals surface area contributed by atoms with Crippen molar-refractivity contribution in [2.45, 2.75) is 24.9 Å². The third kappa shape index (κ3) is 1.86. The standard InChI is InChI=1S/C14H18N2O2/c1-18-13-4-2-3-10(7-13)14(17)16-11-5-6-12(16)9-15-8-11/h2-4,7,11-12,15H,5-6,8-9H2,1H3. The number of amides is 1. The molecule has 96 valence electrons. The van der Waals surface area contributed by atoms with Gasteiger partial charge in [0.25, 0.3) is 5.91 Å². The first kappa shape index (κ1) is 11.5. The highest BCUT2D eigenvalue weighted by Gasteiger charge is 2.39. The van der Waals surface area contributed by atoms with Crippen LogP contribution in [0.1, 0.15) is 23.2 Å². The van der Waals surface area contributed by atoms with Gasteiger partial charge in [-0.2, -0.15) is 0 Å². The number of hydrogen-bond donors (Lipinski definition) is 1. The summed E-state index contributed by atoms with van der Waals surface area (Å²) in [5.41, 5.74) is 0.730. The Kier molecular flexibility index (Phi) is 2.96. The van der Waals surface area contributed by atoms with Crippen molar-refractivity contribution < 1.29 is 9.53 Å². The lowest BCUT2D eigenvalue weighted by Gasteiger charge is -2.35. The minimum atomic E-state index is 0.142. The molecule has 4 heteroatoms. The molecule has 4 nitrogen and oxygen atoms in total. The zero-order valence-corrected chi connectivity index (χ0v) is 10.6. The van der Waals surface area contributed by atoms with Crippen LogP contribution >= 0.6 is 0 Å². The second-order valence-electron chi connectivity index (χ2n) is 4.99. The van der Waals surface area contributed by atoms with E-state index in [1.165, 1.54) is 0 Å². The fourth-order valence-corrected chi connectivity index (χ4v) is 3.02. The topological polar surface area (TPSA) is 41.6 Å². The highest BCUT2D eigenvalue weighted by Crippen LogP contribution is 2.28. The number of piperazine rings is 1. The van der Waals surface area contributed by atoms with Crippen molar-refractivity contribution in [3.8, 4) is 5.75 Å². The van der Waals surface area contributed by atoms with Gasteiger partial charge in [0.1, 0.15) is 5.75 Å². The Morgan fingerprint density at radius 3 is 2.72 bits per heavy atom. The molecule has 1 amide bonds. The van der Waals surface area contributed by atoms with Crippen LogP contribution in [0.5, 0.6) is 5.75 Å². The number of carbonyl (C=O) groups is 1. The first-order valence-electron chi connectivity index (χ1n) is 6.47. The molecule has 1 aromatic rings. The summed E-state index contributed by atoms with van der Waals surface area (Å²) in [6, 6.07) is 8.15. The van der Waals surface area contributed by atoms with Crippen molar-refractivity contribution in [1.82, 2.24) is 10.2 Å². The van der Waals surface area contributed by atoms with Crippen molar-refractivity contribution in [3.63, 3.8) is 0 Å². The number of fused-ring (bicyclic) bond motifs is 2. The first-order valence-corrected chi connectivity index (χ1v) is 6.47. The average molecular weight is 246 g/mol. The second kappa shape index (κ2) is 4.61. The molecular weight excluding hydrogens is 228 g/mol. The predicted molar refractivity (Wildman–Crippen MR) is 68.8 cm³/mol. The van der Waals surface area contributed by atoms with Gasteiger partial charge in [-0.25, -0.2) is 0 Å². The molecule has 1 aromatic carbocycles. The third-order valence-corrected chi connectivity index (χ3v) is 3.93. The summed E-state index contributed by atoms with van der Waals surface area (Å²) in [7, 11) is 1.62. The van der Waals surface area contributed by atoms with Crippen LogP contribution in [-0.2, 0) is 0 Å². The second-order valence-corrected chi connectivity index (χ2v) is 4.99. The molecule has 0 spiro atoms. The van der Waals surface area contributed by atoms with Crippen LogP contribution < -0.4 is 10.1 Å². The van der Waals surface area contributed by atoms with Gasteiger partial charge in [-0.3, -0.25) is 4.79 Å². The summed E-state index contributed by atoms with van der Waals surface area (Å²) in [4.78, 5) is 14.6. The molecule has 1 N–H and O–H groups in total. The summed E-state index contributed by atoms with van der Waals surface area (Å²) >= 11 is 0. The van der Waals surface area contributed by atoms with E-state index in [-0.39, 0.29) is 5.91 Å². The van der Waals surface area contributed by atoms with Gasteiger partial charge in [-0.1, -0.05) is 6.07 Å². The average Bonchev–Trinajstić information content (AvgIpc) is 2.67. The minimum absolute atomic E-state index is 0.142. The van der Waals surface area contributed by atoms with Crippen LogP contribution in [0.15, 0.2) is 24.3 Å². The Morgan fingerprint density at radius 1 is 1.33 bits per heavy atom. The van der Waals surface area contributed by atoms with E-state index in [9.17, 15) is 4.79 Å². The van der Waals surface area contributed by atoms with Gasteiger partial charge < -0.3 is 15.0 Å². The molecule has 3 rings (SSSR count). The molecule has 2 heterocycles. The third-order valence-electron chi connectivity index (χ3n) is 3.93. The van der Waals surface area contributed by atoms with Gasteiger partial charge in [-0.05, 0) is 31.0 Å². The summed E-state index contributed by atoms with van der Waals surface area (Å²) in [5, 5.41) is 3.39. The number of rotatable bonds is 2. The summed E-state index contributed by atoms with van der Waals surface area (Å²) in [6.45, 7) is 1.85. The molecule has 0 aliphatic carbocycles. The summed E-state index contributed by atoms with van der Waals surface area (Å²) in [6.07, 6.45) is 2.24. The lowest BCUT2D eigenvalue weighted by molar-refractivity contribution is 0.0619. The van der Waals surface area contributed by atoms with Crippen molar-refractivity contribution in [2.75, 3.05) is 20.2 Å². The van der Waals surface area contributed by atoms with Gasteiger partial charge in [0.2, 0.25) is 0 Å². The van der Waals surface area contributed by atoms with Crippen molar-refractivity contribution in [2.24, 2.45) is 0 Å². The molecule has 2 aliphatic rings. The molecule has 2 aliphatic heterocycles. The quantitative estimate of drug-likeness (QED) is 0.854. The van der Waals surface area contributed by atoms with Crippen LogP contribution in [0.2, 0.25) is 0 Å². The summed E-state index contributed by atoms with van der Waals surface area (Å²) in [5.74, 6) is 0.881. The molecule has 2 saturated heterocycles. The monoisotopic (exact) mass is 246 g/mol. The number of benzene rings is 1. The number of nitrogens with zero attached hydrogens (tertiary/aromatic N) is 1. The number of carbonyl (C=O) groups excluding carboxylic acids is 1. The predicted octanol–water partition coefficient (Wildman–Crippen LogP) is 1.27. The van der Waals surface area contributed by atoms with Gasteiger partial charge in [-0.15, -0.1) is 0 Å². The molecule has 0 saturated carbocycles. The molecule has 0 radical (unpaired) electrons. The maximum absolute atomic E-state index is 12.6. The fraction of sp³-hybridized carbons (Fsp3) is 0.500. The smallest absolute Gasteiger partial charge is 0.254 e. The highest BCUT2D eigenvalue weighted by atomic mass is 16.5. The van der Waals surface area contributed by atoms with E-state index in [4.69, 9.17) is 4.74 Å². The van der Waals surface area contributed by atoms with Crippen molar-refractivity contribution in [3.05, 3.63) is 29.8 Å². The van der Waals surface area contributed by atoms with E-state index < -0.39 is 0 Å². The van der Waals surface area contributed by atoms with Gasteiger partial charge >= 0.3 is 0 Å². The van der Waals surface area contributed by atoms with E-state index in [1.54, 1.807) is 7.11 Å². The van der Waals surface area contributed by atoms with Gasteiger partial charge in [0, 0.05) is 30.7 Å². The van der Waals surface area contributed by atoms with E-state index in [2.05, 4.69) is 10.2 Å². The van der Waals surface area contributed by atoms with Crippen LogP contribution in [0.3, 0.4) is 0 Å². The van der Waals surface area contributed by atoms with Crippen LogP contribution in [0.4, 0.5) is 0 Å². The maximum atomic E-state index is 12.6. The first-order chi connectivity index (χ1) is 8.79. The number of nitrogens with one attached hydrogen (secondary N) is 1. The summed E-state index contributed by atoms with van der Waals surface area (Å²) < 4.78 is 5.18. The van der Waals surface area contributed by atoms with E-state index >= 15 is 0 Å². The van der Waals surface area contributed by atoms with Gasteiger partial charge in [0.05, 0.1) is 7.11 Å². The maximum Gasteiger partial charge on any atom is 0.254 e. The molecule has 2 unspecified atom stereocenters. The van der Waals surface area contributed by atoms with E-state index in [0.29, 0.717) is 12.1 Å². The fourth-order valence-electron chi connectivity index (χ4n) is 3.02. The zero-order chi connectivity index (χ0) is 12.5. The zero-order valence-electron chi connectivity index (χ0n) is 10.6. The van der Waals surface area contributed by atoms with E-state index in [0.717, 1.165) is 37.2 Å². The molecule has 0 aromatic heterocycles. The lowest BCUT2D eigenvalue weighted by atomic mass is 10.1. The Hall–Kier alpha value is -1.55. The Balaban J connectivity index is 1.85. The molecule has 2 atom stereocenters. The SMILES string of the molecule is COc1cccc(C(=O)N2C3CCC2CNC3)c1. The van der Waals surface area contributed by atoms with Gasteiger partial charge in [0.15, 0.2) is 0 Å². The lowest BCUT2D eigenvalue weighted by Crippen LogP contribution is -2.54. The minimum Gasteiger partial charge on any atom is -0.497 e. The van der Waals surface area contributed by atoms with Crippen molar-refractivity contribution in [1.29, 1.82) is 0 Å². The van der Waals surface area contributed by atoms with Crippen molar-refractivity contribution >= 4 is 5.91 Å². The Bertz CT molecular complexity index is 445. The molecular formula is C14H18N2O2. The van der Waals surface area contributed by atoms with Crippen LogP contribution in [-0.4, -0.2) is 43.1 Å². The molecule has 18 heavy (non-hydrogen) atoms. The molecule has 2 bridgehead atoms. The largest absolute Gasteiger partial charge is 0.497 e. The number of methoxy groups -OCH3 is 1.